The Kier molecular flexibility index (Phi) is 5.80. The highest BCUT2D eigenvalue weighted by molar-refractivity contribution is 5.77. The molecule has 0 saturated heterocycles. The van der Waals surface area contributed by atoms with E-state index in [0.29, 0.717) is 6.61 Å². The fraction of sp³-hybridized carbons (Fsp3) is 0.611. The molecule has 3 heteroatoms. The molecule has 0 radical (unpaired) electrons. The van der Waals surface area contributed by atoms with E-state index in [2.05, 4.69) is 36.5 Å². The highest BCUT2D eigenvalue weighted by atomic mass is 16.5. The predicted octanol–water partition coefficient (Wildman–Crippen LogP) is 3.60. The van der Waals surface area contributed by atoms with Gasteiger partial charge in [-0.1, -0.05) is 49.1 Å². The van der Waals surface area contributed by atoms with Gasteiger partial charge in [-0.3, -0.25) is 4.79 Å². The van der Waals surface area contributed by atoms with Gasteiger partial charge in [-0.15, -0.1) is 0 Å². The first-order chi connectivity index (χ1) is 10.2. The van der Waals surface area contributed by atoms with Crippen molar-refractivity contribution in [2.45, 2.75) is 52.5 Å². The maximum atomic E-state index is 12.3. The van der Waals surface area contributed by atoms with E-state index in [1.54, 1.807) is 0 Å². The van der Waals surface area contributed by atoms with Crippen molar-refractivity contribution in [2.75, 3.05) is 13.2 Å². The third-order valence-electron chi connectivity index (χ3n) is 4.43. The molecule has 0 heterocycles. The second-order valence-corrected chi connectivity index (χ2v) is 6.15. The van der Waals surface area contributed by atoms with E-state index in [9.17, 15) is 4.79 Å². The summed E-state index contributed by atoms with van der Waals surface area (Å²) in [5, 5.41) is 3.47. The molecule has 21 heavy (non-hydrogen) atoms. The van der Waals surface area contributed by atoms with Gasteiger partial charge in [-0.05, 0) is 32.3 Å². The van der Waals surface area contributed by atoms with Gasteiger partial charge < -0.3 is 10.1 Å². The lowest BCUT2D eigenvalue weighted by Gasteiger charge is -2.35. The van der Waals surface area contributed by atoms with Crippen molar-refractivity contribution in [2.24, 2.45) is 5.41 Å². The van der Waals surface area contributed by atoms with Crippen LogP contribution >= 0.6 is 0 Å². The van der Waals surface area contributed by atoms with Crippen LogP contribution in [0.15, 0.2) is 24.3 Å². The van der Waals surface area contributed by atoms with Gasteiger partial charge in [0.25, 0.3) is 0 Å². The van der Waals surface area contributed by atoms with Crippen LogP contribution in [0.3, 0.4) is 0 Å². The molecule has 1 saturated carbocycles. The van der Waals surface area contributed by atoms with Gasteiger partial charge in [-0.2, -0.15) is 0 Å². The van der Waals surface area contributed by atoms with Gasteiger partial charge in [0.2, 0.25) is 0 Å². The maximum Gasteiger partial charge on any atom is 0.313 e. The normalized spacial score (nSPS) is 17.4. The van der Waals surface area contributed by atoms with Gasteiger partial charge in [0.05, 0.1) is 12.0 Å². The summed E-state index contributed by atoms with van der Waals surface area (Å²) in [7, 11) is 0. The second kappa shape index (κ2) is 7.60. The number of carbonyl (C=O) groups is 1. The van der Waals surface area contributed by atoms with Gasteiger partial charge in [0, 0.05) is 13.1 Å². The van der Waals surface area contributed by atoms with E-state index < -0.39 is 0 Å². The van der Waals surface area contributed by atoms with Crippen molar-refractivity contribution >= 4 is 5.97 Å². The minimum Gasteiger partial charge on any atom is -0.466 e. The molecule has 116 valence electrons. The topological polar surface area (TPSA) is 38.3 Å². The summed E-state index contributed by atoms with van der Waals surface area (Å²) in [5.41, 5.74) is 2.23. The van der Waals surface area contributed by atoms with Gasteiger partial charge in [0.15, 0.2) is 0 Å². The molecule has 0 amide bonds. The quantitative estimate of drug-likeness (QED) is 0.813. The molecule has 1 aromatic rings. The van der Waals surface area contributed by atoms with E-state index in [0.717, 1.165) is 38.8 Å². The van der Waals surface area contributed by atoms with Crippen LogP contribution in [0.1, 0.15) is 50.2 Å². The molecule has 0 aliphatic heterocycles. The van der Waals surface area contributed by atoms with Crippen LogP contribution in [-0.2, 0) is 16.1 Å². The fourth-order valence-electron chi connectivity index (χ4n) is 3.12. The minimum absolute atomic E-state index is 0.0129. The number of nitrogens with one attached hydrogen (secondary N) is 1. The van der Waals surface area contributed by atoms with E-state index in [-0.39, 0.29) is 11.4 Å². The van der Waals surface area contributed by atoms with Crippen LogP contribution in [-0.4, -0.2) is 19.1 Å². The second-order valence-electron chi connectivity index (χ2n) is 6.15. The Morgan fingerprint density at radius 3 is 2.48 bits per heavy atom. The van der Waals surface area contributed by atoms with Crippen LogP contribution in [0.5, 0.6) is 0 Å². The SMILES string of the molecule is CCOC(=O)C1(CNCc2ccc(C)cc2)CCCCC1. The summed E-state index contributed by atoms with van der Waals surface area (Å²) < 4.78 is 5.32. The highest BCUT2D eigenvalue weighted by Crippen LogP contribution is 2.37. The molecule has 1 aliphatic rings. The van der Waals surface area contributed by atoms with Crippen molar-refractivity contribution in [3.63, 3.8) is 0 Å². The van der Waals surface area contributed by atoms with Gasteiger partial charge in [0.1, 0.15) is 0 Å². The molecule has 1 aromatic carbocycles. The van der Waals surface area contributed by atoms with Crippen molar-refractivity contribution in [3.8, 4) is 0 Å². The molecule has 1 aliphatic carbocycles. The number of aryl methyl sites for hydroxylation is 1. The van der Waals surface area contributed by atoms with E-state index in [4.69, 9.17) is 4.74 Å². The van der Waals surface area contributed by atoms with Crippen LogP contribution in [0.2, 0.25) is 0 Å². The lowest BCUT2D eigenvalue weighted by atomic mass is 9.74. The Morgan fingerprint density at radius 1 is 1.19 bits per heavy atom. The van der Waals surface area contributed by atoms with Crippen molar-refractivity contribution in [1.29, 1.82) is 0 Å². The third-order valence-corrected chi connectivity index (χ3v) is 4.43. The fourth-order valence-corrected chi connectivity index (χ4v) is 3.12. The number of hydrogen-bond acceptors (Lipinski definition) is 3. The first-order valence-electron chi connectivity index (χ1n) is 8.10. The Balaban J connectivity index is 1.92. The first kappa shape index (κ1) is 16.0. The summed E-state index contributed by atoms with van der Waals surface area (Å²) in [6.45, 7) is 5.98. The van der Waals surface area contributed by atoms with Crippen LogP contribution < -0.4 is 5.32 Å². The number of carbonyl (C=O) groups excluding carboxylic acids is 1. The maximum absolute atomic E-state index is 12.3. The zero-order valence-corrected chi connectivity index (χ0v) is 13.3. The smallest absolute Gasteiger partial charge is 0.313 e. The summed E-state index contributed by atoms with van der Waals surface area (Å²) in [6, 6.07) is 8.53. The third kappa shape index (κ3) is 4.31. The van der Waals surface area contributed by atoms with Crippen LogP contribution in [0.4, 0.5) is 0 Å². The molecule has 0 bridgehead atoms. The number of esters is 1. The monoisotopic (exact) mass is 289 g/mol. The molecule has 0 spiro atoms. The van der Waals surface area contributed by atoms with E-state index >= 15 is 0 Å². The van der Waals surface area contributed by atoms with E-state index in [1.165, 1.54) is 17.5 Å². The lowest BCUT2D eigenvalue weighted by Crippen LogP contribution is -2.43. The molecule has 3 nitrogen and oxygen atoms in total. The Bertz CT molecular complexity index is 447. The summed E-state index contributed by atoms with van der Waals surface area (Å²) in [6.07, 6.45) is 5.40. The average Bonchev–Trinajstić information content (AvgIpc) is 2.50. The Morgan fingerprint density at radius 2 is 1.86 bits per heavy atom. The molecule has 1 N–H and O–H groups in total. The van der Waals surface area contributed by atoms with E-state index in [1.807, 2.05) is 6.92 Å². The number of benzene rings is 1. The molecular formula is C18H27NO2. The summed E-state index contributed by atoms with van der Waals surface area (Å²) in [5.74, 6) is -0.0129. The number of hydrogen-bond donors (Lipinski definition) is 1. The Hall–Kier alpha value is -1.35. The van der Waals surface area contributed by atoms with Crippen molar-refractivity contribution < 1.29 is 9.53 Å². The average molecular weight is 289 g/mol. The predicted molar refractivity (Wildman–Crippen MR) is 85.0 cm³/mol. The first-order valence-corrected chi connectivity index (χ1v) is 8.10. The number of rotatable bonds is 6. The molecule has 1 fully saturated rings. The molecule has 2 rings (SSSR count). The molecule has 0 aromatic heterocycles. The Labute approximate surface area is 128 Å². The van der Waals surface area contributed by atoms with Crippen LogP contribution in [0, 0.1) is 12.3 Å². The van der Waals surface area contributed by atoms with Gasteiger partial charge in [-0.25, -0.2) is 0 Å². The highest BCUT2D eigenvalue weighted by Gasteiger charge is 2.40. The minimum atomic E-state index is -0.307. The largest absolute Gasteiger partial charge is 0.466 e. The molecule has 0 atom stereocenters. The summed E-state index contributed by atoms with van der Waals surface area (Å²) >= 11 is 0. The molecular weight excluding hydrogens is 262 g/mol. The van der Waals surface area contributed by atoms with Crippen LogP contribution in [0.25, 0.3) is 0 Å². The summed E-state index contributed by atoms with van der Waals surface area (Å²) in [4.78, 5) is 12.3. The van der Waals surface area contributed by atoms with Crippen molar-refractivity contribution in [1.82, 2.24) is 5.32 Å². The van der Waals surface area contributed by atoms with Crippen molar-refractivity contribution in [3.05, 3.63) is 35.4 Å². The molecule has 0 unspecified atom stereocenters. The zero-order valence-electron chi connectivity index (χ0n) is 13.3. The lowest BCUT2D eigenvalue weighted by molar-refractivity contribution is -0.157. The standard InChI is InChI=1S/C18H27NO2/c1-3-21-17(20)18(11-5-4-6-12-18)14-19-13-16-9-7-15(2)8-10-16/h7-10,19H,3-6,11-14H2,1-2H3. The van der Waals surface area contributed by atoms with Gasteiger partial charge >= 0.3 is 5.97 Å². The number of ether oxygens (including phenoxy) is 1. The zero-order chi connectivity index (χ0) is 15.1.